The Morgan fingerprint density at radius 2 is 1.61 bits per heavy atom. The second-order valence-corrected chi connectivity index (χ2v) is 5.01. The number of nitrogens with zero attached hydrogens (tertiary/aromatic N) is 1. The van der Waals surface area contributed by atoms with Gasteiger partial charge in [0, 0.05) is 18.7 Å². The fourth-order valence-corrected chi connectivity index (χ4v) is 2.41. The van der Waals surface area contributed by atoms with E-state index < -0.39 is 0 Å². The van der Waals surface area contributed by atoms with Crippen molar-refractivity contribution in [1.82, 2.24) is 4.90 Å². The summed E-state index contributed by atoms with van der Waals surface area (Å²) in [6.07, 6.45) is -0.196. The number of Topliss-reactive ketones (excluding diaryl/α,β-unsaturated/α-hetero) is 1. The lowest BCUT2D eigenvalue weighted by molar-refractivity contribution is -0.134. The molecule has 0 aromatic heterocycles. The highest BCUT2D eigenvalue weighted by Gasteiger charge is 2.22. The maximum absolute atomic E-state index is 12.4. The van der Waals surface area contributed by atoms with E-state index in [1.165, 1.54) is 21.3 Å². The third-order valence-corrected chi connectivity index (χ3v) is 3.66. The summed E-state index contributed by atoms with van der Waals surface area (Å²) in [5.74, 6) is 0.682. The molecule has 1 amide bonds. The summed E-state index contributed by atoms with van der Waals surface area (Å²) in [4.78, 5) is 26.2. The first-order valence-electron chi connectivity index (χ1n) is 7.29. The molecule has 0 unspecified atom stereocenters. The Morgan fingerprint density at radius 3 is 2.09 bits per heavy atom. The number of morpholine rings is 1. The molecule has 2 rings (SSSR count). The number of rotatable bonds is 6. The van der Waals surface area contributed by atoms with Gasteiger partial charge in [-0.2, -0.15) is 0 Å². The van der Waals surface area contributed by atoms with Gasteiger partial charge in [0.15, 0.2) is 17.3 Å². The minimum Gasteiger partial charge on any atom is -0.493 e. The van der Waals surface area contributed by atoms with Crippen LogP contribution in [0.4, 0.5) is 0 Å². The van der Waals surface area contributed by atoms with E-state index in [0.29, 0.717) is 49.1 Å². The maximum Gasteiger partial charge on any atom is 0.230 e. The van der Waals surface area contributed by atoms with E-state index in [0.717, 1.165) is 0 Å². The largest absolute Gasteiger partial charge is 0.493 e. The van der Waals surface area contributed by atoms with Crippen LogP contribution in [0.5, 0.6) is 17.2 Å². The first-order valence-corrected chi connectivity index (χ1v) is 7.29. The van der Waals surface area contributed by atoms with Gasteiger partial charge in [-0.3, -0.25) is 9.59 Å². The summed E-state index contributed by atoms with van der Waals surface area (Å²) in [6, 6.07) is 3.10. The van der Waals surface area contributed by atoms with Gasteiger partial charge in [0.1, 0.15) is 0 Å². The topological polar surface area (TPSA) is 74.3 Å². The highest BCUT2D eigenvalue weighted by molar-refractivity contribution is 6.08. The van der Waals surface area contributed by atoms with Gasteiger partial charge in [0.05, 0.1) is 41.0 Å². The van der Waals surface area contributed by atoms with Crippen LogP contribution in [0.25, 0.3) is 0 Å². The monoisotopic (exact) mass is 323 g/mol. The first kappa shape index (κ1) is 17.1. The van der Waals surface area contributed by atoms with Crippen LogP contribution in [0, 0.1) is 0 Å². The predicted molar refractivity (Wildman–Crippen MR) is 82.4 cm³/mol. The van der Waals surface area contributed by atoms with Crippen LogP contribution in [0.2, 0.25) is 0 Å². The van der Waals surface area contributed by atoms with Crippen LogP contribution in [-0.4, -0.2) is 64.2 Å². The molecule has 126 valence electrons. The summed E-state index contributed by atoms with van der Waals surface area (Å²) < 4.78 is 20.9. The minimum atomic E-state index is -0.291. The van der Waals surface area contributed by atoms with Crippen molar-refractivity contribution < 1.29 is 28.5 Å². The van der Waals surface area contributed by atoms with Gasteiger partial charge in [-0.25, -0.2) is 0 Å². The number of ether oxygens (including phenoxy) is 4. The van der Waals surface area contributed by atoms with E-state index in [9.17, 15) is 9.59 Å². The number of methoxy groups -OCH3 is 3. The third-order valence-electron chi connectivity index (χ3n) is 3.66. The molecule has 23 heavy (non-hydrogen) atoms. The predicted octanol–water partition coefficient (Wildman–Crippen LogP) is 1.14. The summed E-state index contributed by atoms with van der Waals surface area (Å²) >= 11 is 0. The number of carbonyl (C=O) groups is 2. The van der Waals surface area contributed by atoms with E-state index in [-0.39, 0.29) is 18.1 Å². The molecular formula is C16H21NO6. The second-order valence-electron chi connectivity index (χ2n) is 5.01. The molecule has 0 atom stereocenters. The van der Waals surface area contributed by atoms with Gasteiger partial charge in [0.25, 0.3) is 0 Å². The fourth-order valence-electron chi connectivity index (χ4n) is 2.41. The molecule has 1 aromatic carbocycles. The Morgan fingerprint density at radius 1 is 1.04 bits per heavy atom. The Kier molecular flexibility index (Phi) is 5.81. The molecule has 1 fully saturated rings. The average Bonchev–Trinajstić information content (AvgIpc) is 2.60. The minimum absolute atomic E-state index is 0.196. The zero-order valence-electron chi connectivity index (χ0n) is 13.6. The SMILES string of the molecule is COc1cc(C(=O)CC(=O)N2CCOCC2)cc(OC)c1OC. The number of hydrogen-bond acceptors (Lipinski definition) is 6. The molecule has 0 aliphatic carbocycles. The van der Waals surface area contributed by atoms with E-state index in [4.69, 9.17) is 18.9 Å². The zero-order chi connectivity index (χ0) is 16.8. The molecule has 1 heterocycles. The van der Waals surface area contributed by atoms with Crippen LogP contribution < -0.4 is 14.2 Å². The van der Waals surface area contributed by atoms with E-state index in [1.807, 2.05) is 0 Å². The van der Waals surface area contributed by atoms with Gasteiger partial charge >= 0.3 is 0 Å². The summed E-state index contributed by atoms with van der Waals surface area (Å²) in [5, 5.41) is 0. The molecule has 0 N–H and O–H groups in total. The molecule has 1 aliphatic rings. The number of ketones is 1. The van der Waals surface area contributed by atoms with E-state index in [1.54, 1.807) is 17.0 Å². The number of carbonyl (C=O) groups excluding carboxylic acids is 2. The van der Waals surface area contributed by atoms with Gasteiger partial charge < -0.3 is 23.8 Å². The second kappa shape index (κ2) is 7.82. The smallest absolute Gasteiger partial charge is 0.230 e. The van der Waals surface area contributed by atoms with Crippen molar-refractivity contribution in [3.63, 3.8) is 0 Å². The van der Waals surface area contributed by atoms with Gasteiger partial charge in [0.2, 0.25) is 11.7 Å². The Balaban J connectivity index is 2.16. The third kappa shape index (κ3) is 3.92. The lowest BCUT2D eigenvalue weighted by Gasteiger charge is -2.26. The Bertz CT molecular complexity index is 555. The quantitative estimate of drug-likeness (QED) is 0.577. The van der Waals surface area contributed by atoms with Crippen LogP contribution in [0.1, 0.15) is 16.8 Å². The van der Waals surface area contributed by atoms with Crippen LogP contribution in [0.3, 0.4) is 0 Å². The maximum atomic E-state index is 12.4. The molecule has 7 heteroatoms. The molecule has 1 saturated heterocycles. The van der Waals surface area contributed by atoms with Crippen molar-refractivity contribution in [3.8, 4) is 17.2 Å². The molecule has 1 aromatic rings. The van der Waals surface area contributed by atoms with Crippen molar-refractivity contribution in [2.45, 2.75) is 6.42 Å². The molecule has 1 aliphatic heterocycles. The Labute approximate surface area is 135 Å². The molecule has 0 bridgehead atoms. The fraction of sp³-hybridized carbons (Fsp3) is 0.500. The van der Waals surface area contributed by atoms with Crippen LogP contribution >= 0.6 is 0 Å². The molecular weight excluding hydrogens is 302 g/mol. The summed E-state index contributed by atoms with van der Waals surface area (Å²) in [6.45, 7) is 2.04. The molecule has 7 nitrogen and oxygen atoms in total. The van der Waals surface area contributed by atoms with Gasteiger partial charge in [-0.1, -0.05) is 0 Å². The lowest BCUT2D eigenvalue weighted by Crippen LogP contribution is -2.41. The van der Waals surface area contributed by atoms with Crippen molar-refractivity contribution in [2.75, 3.05) is 47.6 Å². The van der Waals surface area contributed by atoms with Crippen LogP contribution in [-0.2, 0) is 9.53 Å². The summed E-state index contributed by atoms with van der Waals surface area (Å²) in [5.41, 5.74) is 0.348. The van der Waals surface area contributed by atoms with E-state index >= 15 is 0 Å². The average molecular weight is 323 g/mol. The lowest BCUT2D eigenvalue weighted by atomic mass is 10.1. The van der Waals surface area contributed by atoms with Crippen molar-refractivity contribution in [1.29, 1.82) is 0 Å². The zero-order valence-corrected chi connectivity index (χ0v) is 13.6. The van der Waals surface area contributed by atoms with Crippen molar-refractivity contribution in [2.24, 2.45) is 0 Å². The van der Waals surface area contributed by atoms with Crippen molar-refractivity contribution >= 4 is 11.7 Å². The number of hydrogen-bond donors (Lipinski definition) is 0. The summed E-state index contributed by atoms with van der Waals surface area (Å²) in [7, 11) is 4.44. The van der Waals surface area contributed by atoms with Crippen molar-refractivity contribution in [3.05, 3.63) is 17.7 Å². The van der Waals surface area contributed by atoms with Gasteiger partial charge in [-0.05, 0) is 12.1 Å². The normalized spacial score (nSPS) is 14.3. The van der Waals surface area contributed by atoms with Crippen LogP contribution in [0.15, 0.2) is 12.1 Å². The molecule has 0 radical (unpaired) electrons. The Hall–Kier alpha value is -2.28. The number of amides is 1. The highest BCUT2D eigenvalue weighted by Crippen LogP contribution is 2.38. The number of benzene rings is 1. The standard InChI is InChI=1S/C16H21NO6/c1-20-13-8-11(9-14(21-2)16(13)22-3)12(18)10-15(19)17-4-6-23-7-5-17/h8-9H,4-7,10H2,1-3H3. The van der Waals surface area contributed by atoms with Gasteiger partial charge in [-0.15, -0.1) is 0 Å². The molecule has 0 spiro atoms. The van der Waals surface area contributed by atoms with E-state index in [2.05, 4.69) is 0 Å². The first-order chi connectivity index (χ1) is 11.1. The molecule has 0 saturated carbocycles. The highest BCUT2D eigenvalue weighted by atomic mass is 16.5.